The fourth-order valence-corrected chi connectivity index (χ4v) is 0.796. The van der Waals surface area contributed by atoms with Crippen molar-refractivity contribution in [1.82, 2.24) is 0 Å². The van der Waals surface area contributed by atoms with Crippen LogP contribution in [0.25, 0.3) is 0 Å². The average Bonchev–Trinajstić information content (AvgIpc) is 2.38. The highest BCUT2D eigenvalue weighted by molar-refractivity contribution is 5.74. The van der Waals surface area contributed by atoms with Crippen LogP contribution in [0.5, 0.6) is 5.75 Å². The Morgan fingerprint density at radius 2 is 1.41 bits per heavy atom. The van der Waals surface area contributed by atoms with E-state index in [1.165, 1.54) is 12.1 Å². The lowest BCUT2D eigenvalue weighted by molar-refractivity contribution is -0.0388. The van der Waals surface area contributed by atoms with Crippen LogP contribution in [0, 0.1) is 0 Å². The van der Waals surface area contributed by atoms with Crippen molar-refractivity contribution >= 4 is 6.29 Å². The van der Waals surface area contributed by atoms with Gasteiger partial charge >= 0.3 is 0 Å². The van der Waals surface area contributed by atoms with Gasteiger partial charge in [-0.05, 0) is 24.3 Å². The lowest BCUT2D eigenvalue weighted by Crippen LogP contribution is -2.31. The summed E-state index contributed by atoms with van der Waals surface area (Å²) in [5.74, 6) is 0.181. The highest BCUT2D eigenvalue weighted by atomic mass is 16.4. The van der Waals surface area contributed by atoms with Gasteiger partial charge in [-0.25, -0.2) is 0 Å². The third kappa shape index (κ3) is 6.64. The molecule has 0 aliphatic heterocycles. The van der Waals surface area contributed by atoms with Crippen LogP contribution in [0.3, 0.4) is 0 Å². The van der Waals surface area contributed by atoms with Crippen LogP contribution in [-0.2, 0) is 0 Å². The van der Waals surface area contributed by atoms with Crippen molar-refractivity contribution in [3.05, 3.63) is 29.8 Å². The molecule has 6 nitrogen and oxygen atoms in total. The van der Waals surface area contributed by atoms with Gasteiger partial charge in [-0.3, -0.25) is 4.79 Å². The number of phenolic OH excluding ortho intramolecular Hbond substituents is 1. The van der Waals surface area contributed by atoms with Crippen molar-refractivity contribution in [3.8, 4) is 5.75 Å². The molecule has 0 aliphatic rings. The minimum absolute atomic E-state index is 0.181. The van der Waals surface area contributed by atoms with Gasteiger partial charge < -0.3 is 25.5 Å². The van der Waals surface area contributed by atoms with Gasteiger partial charge in [-0.2, -0.15) is 0 Å². The summed E-state index contributed by atoms with van der Waals surface area (Å²) in [5, 5.41) is 41.9. The number of phenols is 1. The lowest BCUT2D eigenvalue weighted by Gasteiger charge is -2.10. The van der Waals surface area contributed by atoms with Gasteiger partial charge in [0.05, 0.1) is 13.2 Å². The Morgan fingerprint density at radius 3 is 1.71 bits per heavy atom. The molecule has 0 saturated heterocycles. The summed E-state index contributed by atoms with van der Waals surface area (Å²) in [5.41, 5.74) is 0.577. The van der Waals surface area contributed by atoms with Crippen molar-refractivity contribution in [3.63, 3.8) is 0 Å². The first-order chi connectivity index (χ1) is 8.04. The molecule has 2 atom stereocenters. The summed E-state index contributed by atoms with van der Waals surface area (Å²) in [6.45, 7) is -1.05. The topological polar surface area (TPSA) is 118 Å². The molecule has 1 aromatic rings. The van der Waals surface area contributed by atoms with E-state index in [4.69, 9.17) is 25.5 Å². The van der Waals surface area contributed by atoms with Crippen molar-refractivity contribution in [2.24, 2.45) is 0 Å². The number of aldehydes is 1. The first-order valence-electron chi connectivity index (χ1n) is 4.87. The molecule has 2 unspecified atom stereocenters. The Kier molecular flexibility index (Phi) is 7.91. The van der Waals surface area contributed by atoms with Crippen molar-refractivity contribution in [1.29, 1.82) is 0 Å². The van der Waals surface area contributed by atoms with Crippen molar-refractivity contribution in [2.45, 2.75) is 12.2 Å². The van der Waals surface area contributed by atoms with Crippen molar-refractivity contribution in [2.75, 3.05) is 13.2 Å². The fourth-order valence-electron chi connectivity index (χ4n) is 0.796. The quantitative estimate of drug-likeness (QED) is 0.429. The monoisotopic (exact) mass is 244 g/mol. The second-order valence-corrected chi connectivity index (χ2v) is 3.21. The Hall–Kier alpha value is -1.47. The third-order valence-electron chi connectivity index (χ3n) is 1.85. The number of hydrogen-bond acceptors (Lipinski definition) is 6. The second kappa shape index (κ2) is 8.66. The van der Waals surface area contributed by atoms with Gasteiger partial charge in [0.2, 0.25) is 0 Å². The summed E-state index contributed by atoms with van der Waals surface area (Å²) in [6, 6.07) is 6.07. The summed E-state index contributed by atoms with van der Waals surface area (Å²) < 4.78 is 0. The van der Waals surface area contributed by atoms with Crippen LogP contribution in [0.2, 0.25) is 0 Å². The Labute approximate surface area is 98.4 Å². The molecule has 6 heteroatoms. The van der Waals surface area contributed by atoms with Crippen LogP contribution < -0.4 is 0 Å². The maximum absolute atomic E-state index is 10.0. The summed E-state index contributed by atoms with van der Waals surface area (Å²) in [4.78, 5) is 10.0. The summed E-state index contributed by atoms with van der Waals surface area (Å²) in [6.07, 6.45) is -1.71. The molecular weight excluding hydrogens is 228 g/mol. The first-order valence-corrected chi connectivity index (χ1v) is 4.87. The van der Waals surface area contributed by atoms with Crippen molar-refractivity contribution < 1.29 is 30.3 Å². The number of carbonyl (C=O) groups excluding carboxylic acids is 1. The average molecular weight is 244 g/mol. The number of aliphatic hydroxyl groups excluding tert-OH is 4. The Bertz CT molecular complexity index is 302. The molecular formula is C11H16O6. The van der Waals surface area contributed by atoms with Crippen LogP contribution in [0.4, 0.5) is 0 Å². The molecule has 0 saturated carbocycles. The number of aliphatic hydroxyl groups is 4. The molecule has 96 valence electrons. The van der Waals surface area contributed by atoms with Crippen LogP contribution in [0.15, 0.2) is 24.3 Å². The van der Waals surface area contributed by atoms with Gasteiger partial charge in [0.25, 0.3) is 0 Å². The molecule has 0 amide bonds. The number of benzene rings is 1. The standard InChI is InChI=1S/C7H6O2.C4H10O4/c8-5-6-1-3-7(9)4-2-6;5-1-3(7)4(8)2-6/h1-5,9H;3-8H,1-2H2. The predicted molar refractivity (Wildman–Crippen MR) is 59.7 cm³/mol. The number of aromatic hydroxyl groups is 1. The van der Waals surface area contributed by atoms with E-state index in [1.807, 2.05) is 0 Å². The lowest BCUT2D eigenvalue weighted by atomic mass is 10.2. The zero-order valence-corrected chi connectivity index (χ0v) is 9.10. The van der Waals surface area contributed by atoms with E-state index >= 15 is 0 Å². The maximum Gasteiger partial charge on any atom is 0.150 e. The van der Waals surface area contributed by atoms with Crippen LogP contribution in [-0.4, -0.2) is 57.2 Å². The molecule has 0 aromatic heterocycles. The van der Waals surface area contributed by atoms with E-state index in [2.05, 4.69) is 0 Å². The molecule has 0 aliphatic carbocycles. The fraction of sp³-hybridized carbons (Fsp3) is 0.364. The van der Waals surface area contributed by atoms with Crippen LogP contribution in [0.1, 0.15) is 10.4 Å². The Balaban J connectivity index is 0.000000304. The van der Waals surface area contributed by atoms with E-state index in [1.54, 1.807) is 12.1 Å². The minimum atomic E-state index is -1.22. The summed E-state index contributed by atoms with van der Waals surface area (Å²) >= 11 is 0. The zero-order chi connectivity index (χ0) is 13.3. The second-order valence-electron chi connectivity index (χ2n) is 3.21. The molecule has 0 heterocycles. The highest BCUT2D eigenvalue weighted by Gasteiger charge is 2.12. The van der Waals surface area contributed by atoms with Crippen LogP contribution >= 0.6 is 0 Å². The number of hydrogen-bond donors (Lipinski definition) is 5. The van der Waals surface area contributed by atoms with E-state index < -0.39 is 25.4 Å². The molecule has 1 rings (SSSR count). The maximum atomic E-state index is 10.0. The molecule has 0 radical (unpaired) electrons. The SMILES string of the molecule is O=Cc1ccc(O)cc1.OCC(O)C(O)CO. The normalized spacial score (nSPS) is 13.2. The molecule has 0 spiro atoms. The third-order valence-corrected chi connectivity index (χ3v) is 1.85. The van der Waals surface area contributed by atoms with Gasteiger partial charge in [0.15, 0.2) is 0 Å². The molecule has 0 fully saturated rings. The van der Waals surface area contributed by atoms with E-state index in [0.29, 0.717) is 5.56 Å². The van der Waals surface area contributed by atoms with Gasteiger partial charge in [0, 0.05) is 5.56 Å². The minimum Gasteiger partial charge on any atom is -0.508 e. The van der Waals surface area contributed by atoms with E-state index in [0.717, 1.165) is 6.29 Å². The van der Waals surface area contributed by atoms with E-state index in [-0.39, 0.29) is 5.75 Å². The molecule has 0 bridgehead atoms. The van der Waals surface area contributed by atoms with E-state index in [9.17, 15) is 4.79 Å². The zero-order valence-electron chi connectivity index (χ0n) is 9.10. The molecule has 17 heavy (non-hydrogen) atoms. The van der Waals surface area contributed by atoms with Gasteiger partial charge in [-0.15, -0.1) is 0 Å². The largest absolute Gasteiger partial charge is 0.508 e. The number of carbonyl (C=O) groups is 1. The number of rotatable bonds is 4. The first kappa shape index (κ1) is 15.5. The Morgan fingerprint density at radius 1 is 1.00 bits per heavy atom. The molecule has 1 aromatic carbocycles. The van der Waals surface area contributed by atoms with Gasteiger partial charge in [0.1, 0.15) is 24.2 Å². The van der Waals surface area contributed by atoms with Gasteiger partial charge in [-0.1, -0.05) is 0 Å². The smallest absolute Gasteiger partial charge is 0.150 e. The summed E-state index contributed by atoms with van der Waals surface area (Å²) in [7, 11) is 0. The predicted octanol–water partition coefficient (Wildman–Crippen LogP) is -1.10. The highest BCUT2D eigenvalue weighted by Crippen LogP contribution is 2.07. The molecule has 5 N–H and O–H groups in total.